The van der Waals surface area contributed by atoms with E-state index in [-0.39, 0.29) is 11.9 Å². The first-order chi connectivity index (χ1) is 11.7. The summed E-state index contributed by atoms with van der Waals surface area (Å²) >= 11 is 0. The first kappa shape index (κ1) is 17.0. The summed E-state index contributed by atoms with van der Waals surface area (Å²) in [7, 11) is 0. The van der Waals surface area contributed by atoms with Crippen LogP contribution in [0, 0.1) is 0 Å². The Hall–Kier alpha value is -1.89. The van der Waals surface area contributed by atoms with Gasteiger partial charge < -0.3 is 16.0 Å². The Bertz CT molecular complexity index is 566. The van der Waals surface area contributed by atoms with E-state index < -0.39 is 0 Å². The third-order valence-corrected chi connectivity index (χ3v) is 5.20. The van der Waals surface area contributed by atoms with Crippen LogP contribution < -0.4 is 16.0 Å². The first-order valence-corrected chi connectivity index (χ1v) is 9.05. The van der Waals surface area contributed by atoms with Crippen molar-refractivity contribution in [2.75, 3.05) is 36.4 Å². The van der Waals surface area contributed by atoms with Crippen molar-refractivity contribution in [1.82, 2.24) is 14.9 Å². The Labute approximate surface area is 143 Å². The molecular formula is C17H28N6O. The normalized spacial score (nSPS) is 25.0. The molecule has 3 rings (SSSR count). The monoisotopic (exact) mass is 332 g/mol. The number of likely N-dealkylation sites (N-methyl/N-ethyl adjacent to an activating group) is 1. The van der Waals surface area contributed by atoms with E-state index in [1.807, 2.05) is 11.0 Å². The van der Waals surface area contributed by atoms with E-state index in [0.29, 0.717) is 6.04 Å². The van der Waals surface area contributed by atoms with Gasteiger partial charge in [0, 0.05) is 25.2 Å². The maximum atomic E-state index is 11.6. The van der Waals surface area contributed by atoms with Crippen molar-refractivity contribution in [3.63, 3.8) is 0 Å². The number of anilines is 2. The number of rotatable bonds is 6. The van der Waals surface area contributed by atoms with Crippen molar-refractivity contribution in [2.45, 2.75) is 51.1 Å². The zero-order valence-corrected chi connectivity index (χ0v) is 14.4. The number of amides is 1. The zero-order valence-electron chi connectivity index (χ0n) is 14.4. The van der Waals surface area contributed by atoms with E-state index in [9.17, 15) is 4.79 Å². The van der Waals surface area contributed by atoms with Crippen molar-refractivity contribution in [3.05, 3.63) is 12.4 Å². The van der Waals surface area contributed by atoms with Crippen molar-refractivity contribution in [2.24, 2.45) is 5.73 Å². The van der Waals surface area contributed by atoms with Crippen LogP contribution in [0.5, 0.6) is 0 Å². The van der Waals surface area contributed by atoms with Gasteiger partial charge in [0.05, 0.1) is 0 Å². The lowest BCUT2D eigenvalue weighted by atomic mass is 10.0. The van der Waals surface area contributed by atoms with Crippen molar-refractivity contribution in [3.8, 4) is 0 Å². The second-order valence-electron chi connectivity index (χ2n) is 6.67. The Morgan fingerprint density at radius 2 is 2.17 bits per heavy atom. The molecule has 1 aromatic heterocycles. The molecule has 0 bridgehead atoms. The minimum absolute atomic E-state index is 0.248. The molecule has 2 unspecified atom stereocenters. The summed E-state index contributed by atoms with van der Waals surface area (Å²) in [5, 5.41) is 3.45. The van der Waals surface area contributed by atoms with Gasteiger partial charge in [-0.3, -0.25) is 9.69 Å². The van der Waals surface area contributed by atoms with E-state index in [0.717, 1.165) is 44.1 Å². The Morgan fingerprint density at radius 1 is 1.29 bits per heavy atom. The maximum Gasteiger partial charge on any atom is 0.240 e. The van der Waals surface area contributed by atoms with Crippen LogP contribution in [0.2, 0.25) is 0 Å². The highest BCUT2D eigenvalue weighted by atomic mass is 16.1. The highest BCUT2D eigenvalue weighted by Crippen LogP contribution is 2.25. The SMILES string of the molecule is CCN1CCCCC1CNc1cc(N2CCCC2C(N)=O)ncn1. The molecule has 132 valence electrons. The van der Waals surface area contributed by atoms with Gasteiger partial charge in [-0.05, 0) is 38.8 Å². The number of carbonyl (C=O) groups excluding carboxylic acids is 1. The largest absolute Gasteiger partial charge is 0.368 e. The standard InChI is InChI=1S/C17H28N6O/c1-2-22-8-4-3-6-13(22)11-19-15-10-16(21-12-20-15)23-9-5-7-14(23)17(18)24/h10,12-14H,2-9,11H2,1H3,(H2,18,24)(H,19,20,21). The van der Waals surface area contributed by atoms with Gasteiger partial charge in [-0.1, -0.05) is 13.3 Å². The zero-order chi connectivity index (χ0) is 16.9. The van der Waals surface area contributed by atoms with Crippen LogP contribution in [0.25, 0.3) is 0 Å². The number of carbonyl (C=O) groups is 1. The van der Waals surface area contributed by atoms with Crippen LogP contribution in [0.1, 0.15) is 39.0 Å². The number of nitrogens with zero attached hydrogens (tertiary/aromatic N) is 4. The number of piperidine rings is 1. The molecule has 0 radical (unpaired) electrons. The van der Waals surface area contributed by atoms with E-state index in [1.54, 1.807) is 6.33 Å². The summed E-state index contributed by atoms with van der Waals surface area (Å²) in [5.74, 6) is 1.32. The molecule has 1 amide bonds. The molecule has 2 saturated heterocycles. The topological polar surface area (TPSA) is 87.4 Å². The van der Waals surface area contributed by atoms with Gasteiger partial charge in [0.1, 0.15) is 24.0 Å². The van der Waals surface area contributed by atoms with Crippen LogP contribution in [-0.4, -0.2) is 59.0 Å². The quantitative estimate of drug-likeness (QED) is 0.814. The molecule has 7 nitrogen and oxygen atoms in total. The fourth-order valence-corrected chi connectivity index (χ4v) is 3.87. The molecule has 1 aromatic rings. The molecule has 0 saturated carbocycles. The van der Waals surface area contributed by atoms with E-state index in [4.69, 9.17) is 5.73 Å². The lowest BCUT2D eigenvalue weighted by molar-refractivity contribution is -0.119. The molecule has 2 fully saturated rings. The molecule has 24 heavy (non-hydrogen) atoms. The highest BCUT2D eigenvalue weighted by molar-refractivity contribution is 5.84. The predicted molar refractivity (Wildman–Crippen MR) is 95.0 cm³/mol. The second kappa shape index (κ2) is 7.79. The van der Waals surface area contributed by atoms with Crippen LogP contribution in [0.15, 0.2) is 12.4 Å². The van der Waals surface area contributed by atoms with Crippen LogP contribution in [0.4, 0.5) is 11.6 Å². The van der Waals surface area contributed by atoms with Gasteiger partial charge in [0.25, 0.3) is 0 Å². The van der Waals surface area contributed by atoms with Gasteiger partial charge in [0.2, 0.25) is 5.91 Å². The number of hydrogen-bond acceptors (Lipinski definition) is 6. The molecule has 0 aliphatic carbocycles. The van der Waals surface area contributed by atoms with Gasteiger partial charge in [-0.15, -0.1) is 0 Å². The lowest BCUT2D eigenvalue weighted by Crippen LogP contribution is -2.43. The third-order valence-electron chi connectivity index (χ3n) is 5.20. The van der Waals surface area contributed by atoms with E-state index in [2.05, 4.69) is 27.1 Å². The number of nitrogens with one attached hydrogen (secondary N) is 1. The molecule has 2 aliphatic heterocycles. The summed E-state index contributed by atoms with van der Waals surface area (Å²) in [4.78, 5) is 24.8. The number of nitrogens with two attached hydrogens (primary N) is 1. The average molecular weight is 332 g/mol. The number of aromatic nitrogens is 2. The van der Waals surface area contributed by atoms with Crippen molar-refractivity contribution in [1.29, 1.82) is 0 Å². The number of primary amides is 1. The predicted octanol–water partition coefficient (Wildman–Crippen LogP) is 1.22. The highest BCUT2D eigenvalue weighted by Gasteiger charge is 2.30. The third kappa shape index (κ3) is 3.77. The molecule has 3 N–H and O–H groups in total. The molecule has 7 heteroatoms. The van der Waals surface area contributed by atoms with E-state index in [1.165, 1.54) is 25.8 Å². The van der Waals surface area contributed by atoms with E-state index >= 15 is 0 Å². The Kier molecular flexibility index (Phi) is 5.50. The minimum Gasteiger partial charge on any atom is -0.368 e. The molecule has 3 heterocycles. The fourth-order valence-electron chi connectivity index (χ4n) is 3.87. The summed E-state index contributed by atoms with van der Waals surface area (Å²) in [5.41, 5.74) is 5.51. The summed E-state index contributed by atoms with van der Waals surface area (Å²) < 4.78 is 0. The van der Waals surface area contributed by atoms with Crippen molar-refractivity contribution >= 4 is 17.5 Å². The number of likely N-dealkylation sites (tertiary alicyclic amines) is 1. The first-order valence-electron chi connectivity index (χ1n) is 9.05. The minimum atomic E-state index is -0.276. The molecule has 0 spiro atoms. The molecule has 2 atom stereocenters. The van der Waals surface area contributed by atoms with Gasteiger partial charge in [-0.2, -0.15) is 0 Å². The summed E-state index contributed by atoms with van der Waals surface area (Å²) in [6, 6.07) is 2.24. The molecular weight excluding hydrogens is 304 g/mol. The second-order valence-corrected chi connectivity index (χ2v) is 6.67. The van der Waals surface area contributed by atoms with Crippen molar-refractivity contribution < 1.29 is 4.79 Å². The van der Waals surface area contributed by atoms with Gasteiger partial charge in [-0.25, -0.2) is 9.97 Å². The van der Waals surface area contributed by atoms with Crippen LogP contribution in [-0.2, 0) is 4.79 Å². The smallest absolute Gasteiger partial charge is 0.240 e. The van der Waals surface area contributed by atoms with Gasteiger partial charge in [0.15, 0.2) is 0 Å². The molecule has 0 aromatic carbocycles. The Morgan fingerprint density at radius 3 is 2.96 bits per heavy atom. The Balaban J connectivity index is 1.64. The number of hydrogen-bond donors (Lipinski definition) is 2. The van der Waals surface area contributed by atoms with Crippen LogP contribution >= 0.6 is 0 Å². The summed E-state index contributed by atoms with van der Waals surface area (Å²) in [6.07, 6.45) is 7.15. The van der Waals surface area contributed by atoms with Crippen LogP contribution in [0.3, 0.4) is 0 Å². The van der Waals surface area contributed by atoms with Gasteiger partial charge >= 0.3 is 0 Å². The lowest BCUT2D eigenvalue weighted by Gasteiger charge is -2.35. The fraction of sp³-hybridized carbons (Fsp3) is 0.706. The maximum absolute atomic E-state index is 11.6. The average Bonchev–Trinajstić information content (AvgIpc) is 3.10. The molecule has 2 aliphatic rings. The summed E-state index contributed by atoms with van der Waals surface area (Å²) in [6.45, 7) is 6.21.